The number of benzene rings is 2. The zero-order valence-electron chi connectivity index (χ0n) is 12.3. The average molecular weight is 358 g/mol. The Balaban J connectivity index is 1.73. The molecule has 0 radical (unpaired) electrons. The fourth-order valence-electron chi connectivity index (χ4n) is 2.57. The molecule has 0 saturated heterocycles. The number of halogens is 1. The van der Waals surface area contributed by atoms with Gasteiger partial charge < -0.3 is 4.98 Å². The van der Waals surface area contributed by atoms with Gasteiger partial charge in [-0.05, 0) is 41.8 Å². The van der Waals surface area contributed by atoms with Crippen LogP contribution >= 0.6 is 11.6 Å². The van der Waals surface area contributed by atoms with Crippen LogP contribution in [0.15, 0.2) is 65.7 Å². The number of anilines is 1. The summed E-state index contributed by atoms with van der Waals surface area (Å²) in [6.45, 7) is 0. The number of nitrogens with one attached hydrogen (secondary N) is 2. The molecule has 0 aliphatic heterocycles. The number of hydrogen-bond acceptors (Lipinski definition) is 3. The minimum atomic E-state index is -3.74. The molecule has 2 N–H and O–H groups in total. The van der Waals surface area contributed by atoms with Gasteiger partial charge in [0.1, 0.15) is 11.5 Å². The maximum atomic E-state index is 12.6. The van der Waals surface area contributed by atoms with Crippen molar-refractivity contribution >= 4 is 49.2 Å². The van der Waals surface area contributed by atoms with Crippen LogP contribution in [0.5, 0.6) is 0 Å². The zero-order chi connectivity index (χ0) is 16.7. The number of hydrogen-bond donors (Lipinski definition) is 2. The van der Waals surface area contributed by atoms with Gasteiger partial charge >= 0.3 is 0 Å². The van der Waals surface area contributed by atoms with E-state index in [0.29, 0.717) is 10.7 Å². The lowest BCUT2D eigenvalue weighted by Crippen LogP contribution is -2.13. The minimum Gasteiger partial charge on any atom is -0.346 e. The fourth-order valence-corrected chi connectivity index (χ4v) is 3.85. The molecule has 7 heteroatoms. The van der Waals surface area contributed by atoms with Crippen molar-refractivity contribution in [2.75, 3.05) is 4.72 Å². The third kappa shape index (κ3) is 2.60. The van der Waals surface area contributed by atoms with E-state index in [1.807, 2.05) is 12.1 Å². The standard InChI is InChI=1S/C17H12ClN3O2S/c18-15-3-1-2-12-10-13(5-6-14(12)15)24(22,23)21-16-7-4-11-8-9-19-17(11)20-16/h1-10H,(H2,19,20,21). The topological polar surface area (TPSA) is 74.8 Å². The number of nitrogens with zero attached hydrogens (tertiary/aromatic N) is 1. The normalized spacial score (nSPS) is 11.9. The Morgan fingerprint density at radius 2 is 1.88 bits per heavy atom. The summed E-state index contributed by atoms with van der Waals surface area (Å²) >= 11 is 6.12. The lowest BCUT2D eigenvalue weighted by atomic mass is 10.1. The highest BCUT2D eigenvalue weighted by molar-refractivity contribution is 7.92. The second-order valence-electron chi connectivity index (χ2n) is 5.34. The predicted molar refractivity (Wildman–Crippen MR) is 95.9 cm³/mol. The molecule has 0 amide bonds. The lowest BCUT2D eigenvalue weighted by Gasteiger charge is -2.09. The largest absolute Gasteiger partial charge is 0.346 e. The highest BCUT2D eigenvalue weighted by Crippen LogP contribution is 2.26. The number of aromatic amines is 1. The van der Waals surface area contributed by atoms with E-state index in [-0.39, 0.29) is 10.7 Å². The molecule has 2 aromatic heterocycles. The van der Waals surface area contributed by atoms with Gasteiger partial charge in [0.2, 0.25) is 0 Å². The molecule has 24 heavy (non-hydrogen) atoms. The molecule has 4 aromatic rings. The van der Waals surface area contributed by atoms with Gasteiger partial charge in [0.25, 0.3) is 10.0 Å². The third-order valence-electron chi connectivity index (χ3n) is 3.76. The molecule has 0 saturated carbocycles. The molecule has 0 aliphatic carbocycles. The van der Waals surface area contributed by atoms with Crippen LogP contribution in [-0.2, 0) is 10.0 Å². The van der Waals surface area contributed by atoms with E-state index in [4.69, 9.17) is 11.6 Å². The van der Waals surface area contributed by atoms with E-state index in [9.17, 15) is 8.42 Å². The summed E-state index contributed by atoms with van der Waals surface area (Å²) < 4.78 is 27.7. The summed E-state index contributed by atoms with van der Waals surface area (Å²) in [5.74, 6) is 0.260. The molecule has 0 spiro atoms. The van der Waals surface area contributed by atoms with Crippen molar-refractivity contribution in [3.8, 4) is 0 Å². The van der Waals surface area contributed by atoms with Crippen LogP contribution in [-0.4, -0.2) is 18.4 Å². The minimum absolute atomic E-state index is 0.158. The van der Waals surface area contributed by atoms with E-state index in [2.05, 4.69) is 14.7 Å². The van der Waals surface area contributed by atoms with Crippen molar-refractivity contribution in [3.05, 3.63) is 65.8 Å². The van der Waals surface area contributed by atoms with Gasteiger partial charge in [-0.1, -0.05) is 29.8 Å². The second-order valence-corrected chi connectivity index (χ2v) is 7.43. The first-order chi connectivity index (χ1) is 11.5. The van der Waals surface area contributed by atoms with Gasteiger partial charge in [-0.25, -0.2) is 13.4 Å². The van der Waals surface area contributed by atoms with Crippen molar-refractivity contribution in [1.29, 1.82) is 0 Å². The van der Waals surface area contributed by atoms with Crippen molar-refractivity contribution in [3.63, 3.8) is 0 Å². The molecule has 0 unspecified atom stereocenters. The fraction of sp³-hybridized carbons (Fsp3) is 0. The number of sulfonamides is 1. The molecule has 4 rings (SSSR count). The number of pyridine rings is 1. The smallest absolute Gasteiger partial charge is 0.263 e. The van der Waals surface area contributed by atoms with Crippen LogP contribution in [0.1, 0.15) is 0 Å². The Morgan fingerprint density at radius 1 is 1.00 bits per heavy atom. The number of aromatic nitrogens is 2. The first kappa shape index (κ1) is 15.0. The monoisotopic (exact) mass is 357 g/mol. The summed E-state index contributed by atoms with van der Waals surface area (Å²) in [6, 6.07) is 15.5. The quantitative estimate of drug-likeness (QED) is 0.577. The van der Waals surface area contributed by atoms with Crippen LogP contribution in [0.25, 0.3) is 21.8 Å². The number of H-pyrrole nitrogens is 1. The summed E-state index contributed by atoms with van der Waals surface area (Å²) in [4.78, 5) is 7.37. The summed E-state index contributed by atoms with van der Waals surface area (Å²) in [7, 11) is -3.74. The maximum absolute atomic E-state index is 12.6. The molecule has 2 heterocycles. The maximum Gasteiger partial charge on any atom is 0.263 e. The molecule has 0 atom stereocenters. The molecule has 120 valence electrons. The van der Waals surface area contributed by atoms with Gasteiger partial charge in [0, 0.05) is 22.0 Å². The summed E-state index contributed by atoms with van der Waals surface area (Å²) in [5, 5.41) is 3.07. The Morgan fingerprint density at radius 3 is 2.75 bits per heavy atom. The van der Waals surface area contributed by atoms with Crippen LogP contribution in [0.4, 0.5) is 5.82 Å². The molecule has 2 aromatic carbocycles. The van der Waals surface area contributed by atoms with Crippen LogP contribution in [0.2, 0.25) is 5.02 Å². The van der Waals surface area contributed by atoms with E-state index in [1.165, 1.54) is 6.07 Å². The van der Waals surface area contributed by atoms with Gasteiger partial charge in [-0.2, -0.15) is 0 Å². The molecule has 5 nitrogen and oxygen atoms in total. The number of rotatable bonds is 3. The van der Waals surface area contributed by atoms with Gasteiger partial charge in [-0.15, -0.1) is 0 Å². The first-order valence-corrected chi connectivity index (χ1v) is 9.04. The Hall–Kier alpha value is -2.57. The average Bonchev–Trinajstić information content (AvgIpc) is 3.02. The second kappa shape index (κ2) is 5.51. The van der Waals surface area contributed by atoms with E-state index >= 15 is 0 Å². The molecule has 0 aliphatic rings. The van der Waals surface area contributed by atoms with Crippen molar-refractivity contribution in [2.45, 2.75) is 4.90 Å². The van der Waals surface area contributed by atoms with Crippen LogP contribution in [0, 0.1) is 0 Å². The van der Waals surface area contributed by atoms with E-state index in [1.54, 1.807) is 42.6 Å². The Bertz CT molecular complexity index is 1170. The summed E-state index contributed by atoms with van der Waals surface area (Å²) in [5.41, 5.74) is 0.625. The van der Waals surface area contributed by atoms with Crippen molar-refractivity contribution < 1.29 is 8.42 Å². The molecule has 0 fully saturated rings. The third-order valence-corrected chi connectivity index (χ3v) is 5.44. The highest BCUT2D eigenvalue weighted by atomic mass is 35.5. The van der Waals surface area contributed by atoms with Gasteiger partial charge in [0.15, 0.2) is 0 Å². The van der Waals surface area contributed by atoms with E-state index < -0.39 is 10.0 Å². The molecule has 0 bridgehead atoms. The van der Waals surface area contributed by atoms with Crippen LogP contribution in [0.3, 0.4) is 0 Å². The summed E-state index contributed by atoms with van der Waals surface area (Å²) in [6.07, 6.45) is 1.75. The van der Waals surface area contributed by atoms with Gasteiger partial charge in [0.05, 0.1) is 4.90 Å². The first-order valence-electron chi connectivity index (χ1n) is 7.18. The molecular weight excluding hydrogens is 346 g/mol. The van der Waals surface area contributed by atoms with Crippen LogP contribution < -0.4 is 4.72 Å². The lowest BCUT2D eigenvalue weighted by molar-refractivity contribution is 0.601. The predicted octanol–water partition coefficient (Wildman–Crippen LogP) is 4.17. The zero-order valence-corrected chi connectivity index (χ0v) is 13.9. The highest BCUT2D eigenvalue weighted by Gasteiger charge is 2.16. The van der Waals surface area contributed by atoms with E-state index in [0.717, 1.165) is 16.2 Å². The Labute approximate surface area is 143 Å². The van der Waals surface area contributed by atoms with Gasteiger partial charge in [-0.3, -0.25) is 4.72 Å². The van der Waals surface area contributed by atoms with Crippen molar-refractivity contribution in [2.24, 2.45) is 0 Å². The number of fused-ring (bicyclic) bond motifs is 2. The van der Waals surface area contributed by atoms with Crippen molar-refractivity contribution in [1.82, 2.24) is 9.97 Å². The molecular formula is C17H12ClN3O2S. The Kier molecular flexibility index (Phi) is 3.44. The SMILES string of the molecule is O=S(=O)(Nc1ccc2cc[nH]c2n1)c1ccc2c(Cl)cccc2c1.